The Bertz CT molecular complexity index is 543. The Kier molecular flexibility index (Phi) is 4.99. The number of ether oxygens (including phenoxy) is 2. The highest BCUT2D eigenvalue weighted by Gasteiger charge is 2.24. The number of phenols is 1. The molecule has 1 atom stereocenters. The van der Waals surface area contributed by atoms with Gasteiger partial charge in [0.15, 0.2) is 11.5 Å². The average Bonchev–Trinajstić information content (AvgIpc) is 2.44. The van der Waals surface area contributed by atoms with Crippen LogP contribution in [-0.4, -0.2) is 23.8 Å². The van der Waals surface area contributed by atoms with Crippen molar-refractivity contribution in [2.24, 2.45) is 5.92 Å². The highest BCUT2D eigenvalue weighted by molar-refractivity contribution is 5.69. The van der Waals surface area contributed by atoms with Crippen molar-refractivity contribution in [2.45, 2.75) is 58.5 Å². The van der Waals surface area contributed by atoms with Crippen LogP contribution in [0.5, 0.6) is 11.5 Å². The van der Waals surface area contributed by atoms with Crippen molar-refractivity contribution in [3.05, 3.63) is 23.3 Å². The maximum atomic E-state index is 11.8. The summed E-state index contributed by atoms with van der Waals surface area (Å²) >= 11 is 0. The van der Waals surface area contributed by atoms with E-state index in [1.807, 2.05) is 32.9 Å². The highest BCUT2D eigenvalue weighted by Crippen LogP contribution is 2.39. The van der Waals surface area contributed by atoms with Gasteiger partial charge < -0.3 is 14.6 Å². The molecular weight excluding hydrogens is 280 g/mol. The smallest absolute Gasteiger partial charge is 0.306 e. The lowest BCUT2D eigenvalue weighted by molar-refractivity contribution is -0.155. The average molecular weight is 306 g/mol. The normalized spacial score (nSPS) is 17.7. The summed E-state index contributed by atoms with van der Waals surface area (Å²) in [5.41, 5.74) is 1.73. The molecule has 22 heavy (non-hydrogen) atoms. The fraction of sp³-hybridized carbons (Fsp3) is 0.611. The van der Waals surface area contributed by atoms with Crippen molar-refractivity contribution in [1.82, 2.24) is 0 Å². The Morgan fingerprint density at radius 3 is 2.73 bits per heavy atom. The van der Waals surface area contributed by atoms with E-state index in [9.17, 15) is 9.90 Å². The van der Waals surface area contributed by atoms with Gasteiger partial charge >= 0.3 is 5.97 Å². The lowest BCUT2D eigenvalue weighted by Crippen LogP contribution is -2.24. The van der Waals surface area contributed by atoms with E-state index in [1.54, 1.807) is 7.11 Å². The Balaban J connectivity index is 1.96. The van der Waals surface area contributed by atoms with E-state index in [-0.39, 0.29) is 11.7 Å². The molecule has 0 bridgehead atoms. The van der Waals surface area contributed by atoms with Gasteiger partial charge in [0, 0.05) is 12.0 Å². The minimum Gasteiger partial charge on any atom is -0.504 e. The molecule has 2 rings (SSSR count). The highest BCUT2D eigenvalue weighted by atomic mass is 16.6. The van der Waals surface area contributed by atoms with Crippen LogP contribution in [0, 0.1) is 5.92 Å². The summed E-state index contributed by atoms with van der Waals surface area (Å²) in [6.45, 7) is 5.64. The Morgan fingerprint density at radius 1 is 1.36 bits per heavy atom. The van der Waals surface area contributed by atoms with E-state index in [4.69, 9.17) is 9.47 Å². The second-order valence-electron chi connectivity index (χ2n) is 6.99. The van der Waals surface area contributed by atoms with Gasteiger partial charge in [0.2, 0.25) is 0 Å². The summed E-state index contributed by atoms with van der Waals surface area (Å²) in [6, 6.07) is 3.84. The summed E-state index contributed by atoms with van der Waals surface area (Å²) in [6.07, 6.45) is 4.00. The van der Waals surface area contributed by atoms with Crippen molar-refractivity contribution >= 4 is 5.97 Å². The molecule has 0 heterocycles. The maximum absolute atomic E-state index is 11.8. The second kappa shape index (κ2) is 6.59. The molecule has 0 spiro atoms. The van der Waals surface area contributed by atoms with Gasteiger partial charge in [-0.1, -0.05) is 6.07 Å². The molecule has 1 aromatic rings. The van der Waals surface area contributed by atoms with Crippen LogP contribution in [0.25, 0.3) is 0 Å². The number of phenolic OH excluding ortho intramolecular Hbond substituents is 1. The lowest BCUT2D eigenvalue weighted by Gasteiger charge is -2.26. The summed E-state index contributed by atoms with van der Waals surface area (Å²) in [4.78, 5) is 11.8. The number of hydrogen-bond acceptors (Lipinski definition) is 4. The molecule has 1 aliphatic carbocycles. The summed E-state index contributed by atoms with van der Waals surface area (Å²) in [7, 11) is 1.56. The van der Waals surface area contributed by atoms with E-state index in [0.29, 0.717) is 18.1 Å². The monoisotopic (exact) mass is 306 g/mol. The zero-order chi connectivity index (χ0) is 16.3. The van der Waals surface area contributed by atoms with Gasteiger partial charge in [0.25, 0.3) is 0 Å². The maximum Gasteiger partial charge on any atom is 0.306 e. The molecule has 1 aliphatic rings. The number of hydrogen-bond donors (Lipinski definition) is 1. The zero-order valence-electron chi connectivity index (χ0n) is 13.9. The summed E-state index contributed by atoms with van der Waals surface area (Å²) < 4.78 is 10.5. The molecule has 1 unspecified atom stereocenters. The molecule has 0 aromatic heterocycles. The first kappa shape index (κ1) is 16.7. The number of carbonyl (C=O) groups is 1. The van der Waals surface area contributed by atoms with Gasteiger partial charge in [-0.25, -0.2) is 0 Å². The second-order valence-corrected chi connectivity index (χ2v) is 6.99. The number of esters is 1. The van der Waals surface area contributed by atoms with Crippen LogP contribution in [-0.2, 0) is 22.4 Å². The first-order valence-electron chi connectivity index (χ1n) is 7.89. The van der Waals surface area contributed by atoms with Crippen LogP contribution < -0.4 is 4.74 Å². The fourth-order valence-electron chi connectivity index (χ4n) is 2.99. The molecule has 0 fully saturated rings. The molecule has 1 aromatic carbocycles. The third-order valence-corrected chi connectivity index (χ3v) is 4.05. The molecular formula is C18H26O4. The van der Waals surface area contributed by atoms with Gasteiger partial charge in [-0.3, -0.25) is 4.79 Å². The van der Waals surface area contributed by atoms with Gasteiger partial charge in [-0.2, -0.15) is 0 Å². The van der Waals surface area contributed by atoms with Gasteiger partial charge in [-0.15, -0.1) is 0 Å². The molecule has 0 saturated carbocycles. The fourth-order valence-corrected chi connectivity index (χ4v) is 2.99. The van der Waals surface area contributed by atoms with Crippen LogP contribution >= 0.6 is 0 Å². The Hall–Kier alpha value is -1.71. The number of rotatable bonds is 4. The molecule has 4 nitrogen and oxygen atoms in total. The van der Waals surface area contributed by atoms with Crippen LogP contribution in [0.3, 0.4) is 0 Å². The Morgan fingerprint density at radius 2 is 2.09 bits per heavy atom. The number of carbonyl (C=O) groups excluding carboxylic acids is 1. The van der Waals surface area contributed by atoms with Crippen molar-refractivity contribution in [3.8, 4) is 11.5 Å². The van der Waals surface area contributed by atoms with E-state index < -0.39 is 5.60 Å². The number of methoxy groups -OCH3 is 1. The quantitative estimate of drug-likeness (QED) is 0.863. The molecule has 4 heteroatoms. The third-order valence-electron chi connectivity index (χ3n) is 4.05. The van der Waals surface area contributed by atoms with Crippen LogP contribution in [0.2, 0.25) is 0 Å². The Labute approximate surface area is 132 Å². The molecule has 0 amide bonds. The van der Waals surface area contributed by atoms with Crippen molar-refractivity contribution < 1.29 is 19.4 Å². The largest absolute Gasteiger partial charge is 0.504 e. The van der Waals surface area contributed by atoms with Crippen LogP contribution in [0.4, 0.5) is 0 Å². The summed E-state index contributed by atoms with van der Waals surface area (Å²) in [5.74, 6) is 1.03. The minimum absolute atomic E-state index is 0.145. The molecule has 122 valence electrons. The predicted octanol–water partition coefficient (Wildman–Crippen LogP) is 3.63. The van der Waals surface area contributed by atoms with Crippen molar-refractivity contribution in [3.63, 3.8) is 0 Å². The van der Waals surface area contributed by atoms with E-state index in [1.165, 1.54) is 5.56 Å². The topological polar surface area (TPSA) is 55.8 Å². The predicted molar refractivity (Wildman–Crippen MR) is 85.3 cm³/mol. The summed E-state index contributed by atoms with van der Waals surface area (Å²) in [5, 5.41) is 10.3. The van der Waals surface area contributed by atoms with Gasteiger partial charge in [0.05, 0.1) is 7.11 Å². The SMILES string of the molecule is COc1ccc2c(c1O)CC(CCC(=O)OC(C)(C)C)CC2. The number of benzene rings is 1. The van der Waals surface area contributed by atoms with E-state index in [2.05, 4.69) is 0 Å². The first-order valence-corrected chi connectivity index (χ1v) is 7.89. The van der Waals surface area contributed by atoms with Crippen LogP contribution in [0.15, 0.2) is 12.1 Å². The minimum atomic E-state index is -0.429. The van der Waals surface area contributed by atoms with Crippen molar-refractivity contribution in [2.75, 3.05) is 7.11 Å². The van der Waals surface area contributed by atoms with E-state index in [0.717, 1.165) is 31.2 Å². The molecule has 1 N–H and O–H groups in total. The molecule has 0 saturated heterocycles. The van der Waals surface area contributed by atoms with E-state index >= 15 is 0 Å². The first-order chi connectivity index (χ1) is 10.3. The zero-order valence-corrected chi connectivity index (χ0v) is 13.9. The number of aryl methyl sites for hydroxylation is 1. The standard InChI is InChI=1S/C18H26O4/c1-18(2,3)22-16(19)10-6-12-5-7-13-8-9-15(21-4)17(20)14(13)11-12/h8-9,12,20H,5-7,10-11H2,1-4H3. The van der Waals surface area contributed by atoms with Crippen molar-refractivity contribution in [1.29, 1.82) is 0 Å². The van der Waals surface area contributed by atoms with Gasteiger partial charge in [0.1, 0.15) is 5.60 Å². The number of fused-ring (bicyclic) bond motifs is 1. The lowest BCUT2D eigenvalue weighted by atomic mass is 9.81. The van der Waals surface area contributed by atoms with Gasteiger partial charge in [-0.05, 0) is 64.0 Å². The number of aromatic hydroxyl groups is 1. The van der Waals surface area contributed by atoms with Crippen LogP contribution in [0.1, 0.15) is 51.2 Å². The molecule has 0 aliphatic heterocycles. The molecule has 0 radical (unpaired) electrons. The third kappa shape index (κ3) is 4.15.